The van der Waals surface area contributed by atoms with Crippen LogP contribution in [0, 0.1) is 0 Å². The Kier molecular flexibility index (Phi) is 5.91. The molecule has 1 fully saturated rings. The summed E-state index contributed by atoms with van der Waals surface area (Å²) in [5.74, 6) is 2.27. The first-order valence-corrected chi connectivity index (χ1v) is 12.4. The number of carbonyl (C=O) groups is 1. The van der Waals surface area contributed by atoms with Gasteiger partial charge in [0, 0.05) is 51.3 Å². The van der Waals surface area contributed by atoms with Crippen molar-refractivity contribution in [2.24, 2.45) is 14.1 Å². The number of amides is 2. The van der Waals surface area contributed by atoms with Gasteiger partial charge < -0.3 is 19.9 Å². The van der Waals surface area contributed by atoms with Crippen molar-refractivity contribution >= 4 is 39.5 Å². The molecule has 6 rings (SSSR count). The molecule has 0 atom stereocenters. The summed E-state index contributed by atoms with van der Waals surface area (Å²) in [6, 6.07) is 20.7. The van der Waals surface area contributed by atoms with E-state index in [0.29, 0.717) is 37.6 Å². The summed E-state index contributed by atoms with van der Waals surface area (Å²) in [6.07, 6.45) is 1.55. The Bertz CT molecular complexity index is 1690. The van der Waals surface area contributed by atoms with Crippen molar-refractivity contribution in [3.63, 3.8) is 0 Å². The molecule has 0 radical (unpaired) electrons. The van der Waals surface area contributed by atoms with E-state index < -0.39 is 0 Å². The fourth-order valence-electron chi connectivity index (χ4n) is 4.84. The van der Waals surface area contributed by atoms with Gasteiger partial charge in [0.05, 0.1) is 16.6 Å². The van der Waals surface area contributed by atoms with Gasteiger partial charge in [-0.1, -0.05) is 18.2 Å². The minimum Gasteiger partial charge on any atom is -0.457 e. The van der Waals surface area contributed by atoms with Crippen LogP contribution >= 0.6 is 0 Å². The molecule has 192 valence electrons. The number of ether oxygens (including phenoxy) is 1. The Morgan fingerprint density at radius 1 is 0.842 bits per heavy atom. The molecule has 0 saturated carbocycles. The van der Waals surface area contributed by atoms with Crippen LogP contribution in [0.1, 0.15) is 0 Å². The second-order valence-corrected chi connectivity index (χ2v) is 9.30. The summed E-state index contributed by atoms with van der Waals surface area (Å²) in [5, 5.41) is 3.86. The van der Waals surface area contributed by atoms with Crippen molar-refractivity contribution in [1.82, 2.24) is 24.0 Å². The largest absolute Gasteiger partial charge is 0.457 e. The van der Waals surface area contributed by atoms with E-state index in [0.717, 1.165) is 33.5 Å². The van der Waals surface area contributed by atoms with Crippen LogP contribution in [0.3, 0.4) is 0 Å². The number of anilines is 2. The second-order valence-electron chi connectivity index (χ2n) is 9.30. The van der Waals surface area contributed by atoms with Gasteiger partial charge in [-0.05, 0) is 48.5 Å². The van der Waals surface area contributed by atoms with Gasteiger partial charge in [-0.15, -0.1) is 0 Å². The lowest BCUT2D eigenvalue weighted by atomic mass is 10.2. The predicted molar refractivity (Wildman–Crippen MR) is 147 cm³/mol. The van der Waals surface area contributed by atoms with E-state index in [2.05, 4.69) is 20.2 Å². The third-order valence-electron chi connectivity index (χ3n) is 6.96. The predicted octanol–water partition coefficient (Wildman–Crippen LogP) is 3.97. The summed E-state index contributed by atoms with van der Waals surface area (Å²) in [7, 11) is 3.52. The highest BCUT2D eigenvalue weighted by Gasteiger charge is 2.24. The van der Waals surface area contributed by atoms with Crippen LogP contribution in [0.4, 0.5) is 16.3 Å². The Balaban J connectivity index is 1.12. The third kappa shape index (κ3) is 4.30. The Hall–Kier alpha value is -4.86. The van der Waals surface area contributed by atoms with Crippen LogP contribution in [0.2, 0.25) is 0 Å². The number of nitrogens with zero attached hydrogens (tertiary/aromatic N) is 6. The number of rotatable bonds is 4. The summed E-state index contributed by atoms with van der Waals surface area (Å²) in [5.41, 5.74) is 3.07. The Morgan fingerprint density at radius 2 is 1.50 bits per heavy atom. The zero-order chi connectivity index (χ0) is 26.2. The number of piperazine rings is 1. The Morgan fingerprint density at radius 3 is 2.21 bits per heavy atom. The highest BCUT2D eigenvalue weighted by molar-refractivity contribution is 5.99. The maximum atomic E-state index is 12.9. The highest BCUT2D eigenvalue weighted by Crippen LogP contribution is 2.28. The quantitative estimate of drug-likeness (QED) is 0.394. The number of benzene rings is 3. The van der Waals surface area contributed by atoms with Crippen LogP contribution in [0.5, 0.6) is 11.5 Å². The first-order chi connectivity index (χ1) is 18.5. The van der Waals surface area contributed by atoms with Gasteiger partial charge in [-0.2, -0.15) is 0 Å². The molecule has 0 aliphatic carbocycles. The monoisotopic (exact) mass is 509 g/mol. The van der Waals surface area contributed by atoms with E-state index >= 15 is 0 Å². The SMILES string of the molecule is Cn1c(=O)n(C)c2cc3c(N4CCN(C(=O)Nc5ccc(Oc6ccccc6)cc5)CC4)ncnc3cc21. The van der Waals surface area contributed by atoms with Crippen LogP contribution in [0.25, 0.3) is 21.9 Å². The lowest BCUT2D eigenvalue weighted by Gasteiger charge is -2.35. The van der Waals surface area contributed by atoms with Gasteiger partial charge in [0.1, 0.15) is 23.6 Å². The molecule has 0 bridgehead atoms. The first kappa shape index (κ1) is 23.5. The zero-order valence-electron chi connectivity index (χ0n) is 21.2. The van der Waals surface area contributed by atoms with E-state index in [1.165, 1.54) is 0 Å². The van der Waals surface area contributed by atoms with Crippen molar-refractivity contribution in [3.8, 4) is 11.5 Å². The molecule has 0 unspecified atom stereocenters. The number of urea groups is 1. The van der Waals surface area contributed by atoms with Crippen LogP contribution < -0.4 is 20.6 Å². The first-order valence-electron chi connectivity index (χ1n) is 12.4. The van der Waals surface area contributed by atoms with Crippen LogP contribution in [-0.4, -0.2) is 56.2 Å². The molecule has 3 heterocycles. The lowest BCUT2D eigenvalue weighted by molar-refractivity contribution is 0.208. The fraction of sp³-hybridized carbons (Fsp3) is 0.214. The maximum absolute atomic E-state index is 12.9. The number of carbonyl (C=O) groups excluding carboxylic acids is 1. The minimum atomic E-state index is -0.144. The topological polar surface area (TPSA) is 97.5 Å². The van der Waals surface area contributed by atoms with E-state index in [-0.39, 0.29) is 11.7 Å². The van der Waals surface area contributed by atoms with Crippen molar-refractivity contribution < 1.29 is 9.53 Å². The molecule has 1 aliphatic heterocycles. The van der Waals surface area contributed by atoms with E-state index in [1.54, 1.807) is 34.5 Å². The lowest BCUT2D eigenvalue weighted by Crippen LogP contribution is -2.50. The molecule has 5 aromatic rings. The standard InChI is InChI=1S/C28H27N7O3/c1-32-24-16-22-23(17-25(24)33(2)28(32)37)29-18-30-26(22)34-12-14-35(15-13-34)27(36)31-19-8-10-21(11-9-19)38-20-6-4-3-5-7-20/h3-11,16-18H,12-15H2,1-2H3,(H,31,36). The smallest absolute Gasteiger partial charge is 0.328 e. The van der Waals surface area contributed by atoms with Gasteiger partial charge >= 0.3 is 11.7 Å². The molecule has 10 nitrogen and oxygen atoms in total. The Labute approximate surface area is 218 Å². The van der Waals surface area contributed by atoms with Crippen molar-refractivity contribution in [2.75, 3.05) is 36.4 Å². The number of imidazole rings is 1. The highest BCUT2D eigenvalue weighted by atomic mass is 16.5. The molecule has 10 heteroatoms. The number of fused-ring (bicyclic) bond motifs is 2. The third-order valence-corrected chi connectivity index (χ3v) is 6.96. The maximum Gasteiger partial charge on any atom is 0.328 e. The number of aromatic nitrogens is 4. The number of aryl methyl sites for hydroxylation is 2. The summed E-state index contributed by atoms with van der Waals surface area (Å²) in [6.45, 7) is 2.38. The number of nitrogens with one attached hydrogen (secondary N) is 1. The molecule has 0 spiro atoms. The normalized spacial score (nSPS) is 13.7. The molecule has 38 heavy (non-hydrogen) atoms. The van der Waals surface area contributed by atoms with Gasteiger partial charge in [0.15, 0.2) is 0 Å². The summed E-state index contributed by atoms with van der Waals surface area (Å²) < 4.78 is 9.08. The van der Waals surface area contributed by atoms with E-state index in [4.69, 9.17) is 4.74 Å². The van der Waals surface area contributed by atoms with E-state index in [9.17, 15) is 9.59 Å². The molecule has 1 aliphatic rings. The number of para-hydroxylation sites is 1. The molecular formula is C28H27N7O3. The van der Waals surface area contributed by atoms with Crippen molar-refractivity contribution in [2.45, 2.75) is 0 Å². The van der Waals surface area contributed by atoms with Gasteiger partial charge in [0.2, 0.25) is 0 Å². The van der Waals surface area contributed by atoms with Gasteiger partial charge in [0.25, 0.3) is 0 Å². The molecule has 1 N–H and O–H groups in total. The van der Waals surface area contributed by atoms with Crippen molar-refractivity contribution in [1.29, 1.82) is 0 Å². The molecule has 1 saturated heterocycles. The molecule has 2 aromatic heterocycles. The van der Waals surface area contributed by atoms with Crippen LogP contribution in [-0.2, 0) is 14.1 Å². The fourth-order valence-corrected chi connectivity index (χ4v) is 4.84. The molecular weight excluding hydrogens is 482 g/mol. The molecule has 2 amide bonds. The second kappa shape index (κ2) is 9.55. The molecule has 3 aromatic carbocycles. The zero-order valence-corrected chi connectivity index (χ0v) is 21.2. The van der Waals surface area contributed by atoms with Crippen LogP contribution in [0.15, 0.2) is 77.9 Å². The minimum absolute atomic E-state index is 0.0807. The number of hydrogen-bond acceptors (Lipinski definition) is 6. The van der Waals surface area contributed by atoms with Gasteiger partial charge in [-0.3, -0.25) is 9.13 Å². The average molecular weight is 510 g/mol. The summed E-state index contributed by atoms with van der Waals surface area (Å²) in [4.78, 5) is 38.3. The van der Waals surface area contributed by atoms with Crippen molar-refractivity contribution in [3.05, 3.63) is 83.5 Å². The average Bonchev–Trinajstić information content (AvgIpc) is 3.16. The van der Waals surface area contributed by atoms with E-state index in [1.807, 2.05) is 66.7 Å². The number of hydrogen-bond donors (Lipinski definition) is 1. The van der Waals surface area contributed by atoms with Gasteiger partial charge in [-0.25, -0.2) is 19.6 Å². The summed E-state index contributed by atoms with van der Waals surface area (Å²) >= 11 is 0.